The molecule has 0 N–H and O–H groups in total. The number of nitrogens with zero attached hydrogens (tertiary/aromatic N) is 4. The lowest BCUT2D eigenvalue weighted by Gasteiger charge is -2.18. The Kier molecular flexibility index (Phi) is 5.81. The SMILES string of the molecule is CCN(CC)c1nc(SCl)nc(SCl)n1. The molecule has 0 bridgehead atoms. The van der Waals surface area contributed by atoms with Crippen LogP contribution >= 0.6 is 43.3 Å². The molecule has 0 aliphatic rings. The van der Waals surface area contributed by atoms with E-state index in [2.05, 4.69) is 15.0 Å². The maximum absolute atomic E-state index is 5.61. The summed E-state index contributed by atoms with van der Waals surface area (Å²) in [6, 6.07) is 0. The molecule has 0 saturated carbocycles. The van der Waals surface area contributed by atoms with Crippen molar-refractivity contribution in [3.05, 3.63) is 0 Å². The van der Waals surface area contributed by atoms with E-state index in [-0.39, 0.29) is 0 Å². The predicted octanol–water partition coefficient (Wildman–Crippen LogP) is 3.21. The first-order valence-electron chi connectivity index (χ1n) is 4.33. The summed E-state index contributed by atoms with van der Waals surface area (Å²) >= 11 is 0. The second-order valence-electron chi connectivity index (χ2n) is 2.53. The van der Waals surface area contributed by atoms with Crippen molar-refractivity contribution < 1.29 is 0 Å². The van der Waals surface area contributed by atoms with Gasteiger partial charge >= 0.3 is 0 Å². The summed E-state index contributed by atoms with van der Waals surface area (Å²) in [5, 5.41) is 0.938. The van der Waals surface area contributed by atoms with Crippen LogP contribution in [0.5, 0.6) is 0 Å². The summed E-state index contributed by atoms with van der Waals surface area (Å²) in [4.78, 5) is 14.5. The van der Waals surface area contributed by atoms with Gasteiger partial charge in [0, 0.05) is 35.0 Å². The van der Waals surface area contributed by atoms with Crippen molar-refractivity contribution in [2.45, 2.75) is 24.2 Å². The zero-order valence-corrected chi connectivity index (χ0v) is 11.4. The van der Waals surface area contributed by atoms with E-state index in [0.29, 0.717) is 16.3 Å². The fourth-order valence-electron chi connectivity index (χ4n) is 1.04. The van der Waals surface area contributed by atoms with Gasteiger partial charge in [-0.15, -0.1) is 0 Å². The highest BCUT2D eigenvalue weighted by Gasteiger charge is 2.10. The fourth-order valence-corrected chi connectivity index (χ4v) is 1.99. The monoisotopic (exact) mass is 284 g/mol. The average molecular weight is 285 g/mol. The number of aromatic nitrogens is 3. The normalized spacial score (nSPS) is 10.4. The Bertz CT molecular complexity index is 300. The smallest absolute Gasteiger partial charge is 0.230 e. The van der Waals surface area contributed by atoms with Gasteiger partial charge in [0.25, 0.3) is 0 Å². The molecule has 15 heavy (non-hydrogen) atoms. The maximum Gasteiger partial charge on any atom is 0.230 e. The Morgan fingerprint density at radius 3 is 1.80 bits per heavy atom. The first-order chi connectivity index (χ1) is 7.24. The summed E-state index contributed by atoms with van der Waals surface area (Å²) in [7, 11) is 13.1. The number of rotatable bonds is 5. The third-order valence-corrected chi connectivity index (χ3v) is 3.24. The molecule has 1 rings (SSSR count). The first-order valence-corrected chi connectivity index (χ1v) is 7.61. The lowest BCUT2D eigenvalue weighted by atomic mass is 10.5. The van der Waals surface area contributed by atoms with Crippen molar-refractivity contribution in [2.24, 2.45) is 0 Å². The van der Waals surface area contributed by atoms with Gasteiger partial charge in [-0.05, 0) is 35.2 Å². The summed E-state index contributed by atoms with van der Waals surface area (Å²) in [6.45, 7) is 5.74. The quantitative estimate of drug-likeness (QED) is 0.827. The number of anilines is 1. The van der Waals surface area contributed by atoms with Crippen LogP contribution in [0.4, 0.5) is 5.95 Å². The van der Waals surface area contributed by atoms with E-state index in [9.17, 15) is 0 Å². The largest absolute Gasteiger partial charge is 0.341 e. The van der Waals surface area contributed by atoms with Gasteiger partial charge in [0.2, 0.25) is 16.3 Å². The minimum atomic E-state index is 0.469. The highest BCUT2D eigenvalue weighted by Crippen LogP contribution is 2.25. The molecule has 84 valence electrons. The van der Waals surface area contributed by atoms with Gasteiger partial charge in [0.15, 0.2) is 0 Å². The lowest BCUT2D eigenvalue weighted by Crippen LogP contribution is -2.24. The van der Waals surface area contributed by atoms with Crippen molar-refractivity contribution >= 4 is 49.3 Å². The number of halogens is 2. The molecule has 4 nitrogen and oxygen atoms in total. The molecule has 0 fully saturated rings. The molecule has 0 atom stereocenters. The lowest BCUT2D eigenvalue weighted by molar-refractivity contribution is 0.739. The van der Waals surface area contributed by atoms with E-state index >= 15 is 0 Å². The molecular weight excluding hydrogens is 275 g/mol. The van der Waals surface area contributed by atoms with Gasteiger partial charge < -0.3 is 4.90 Å². The fraction of sp³-hybridized carbons (Fsp3) is 0.571. The van der Waals surface area contributed by atoms with Gasteiger partial charge in [-0.1, -0.05) is 0 Å². The second kappa shape index (κ2) is 6.62. The van der Waals surface area contributed by atoms with Crippen LogP contribution in [0.1, 0.15) is 13.8 Å². The van der Waals surface area contributed by atoms with E-state index in [1.165, 1.54) is 0 Å². The Labute approximate surface area is 106 Å². The van der Waals surface area contributed by atoms with E-state index in [1.807, 2.05) is 18.7 Å². The van der Waals surface area contributed by atoms with Crippen LogP contribution in [0, 0.1) is 0 Å². The minimum Gasteiger partial charge on any atom is -0.341 e. The second-order valence-corrected chi connectivity index (χ2v) is 4.49. The van der Waals surface area contributed by atoms with Crippen molar-refractivity contribution in [2.75, 3.05) is 18.0 Å². The van der Waals surface area contributed by atoms with Crippen LogP contribution in [-0.4, -0.2) is 28.0 Å². The van der Waals surface area contributed by atoms with E-state index in [4.69, 9.17) is 21.4 Å². The summed E-state index contributed by atoms with van der Waals surface area (Å²) < 4.78 is 0. The molecule has 1 aromatic rings. The van der Waals surface area contributed by atoms with Crippen LogP contribution in [0.25, 0.3) is 0 Å². The number of hydrogen-bond acceptors (Lipinski definition) is 6. The minimum absolute atomic E-state index is 0.469. The average Bonchev–Trinajstić information content (AvgIpc) is 2.30. The third kappa shape index (κ3) is 3.55. The summed E-state index contributed by atoms with van der Waals surface area (Å²) in [5.41, 5.74) is 0. The molecule has 0 aliphatic heterocycles. The Morgan fingerprint density at radius 2 is 1.47 bits per heavy atom. The molecule has 0 spiro atoms. The van der Waals surface area contributed by atoms with Crippen molar-refractivity contribution in [1.82, 2.24) is 15.0 Å². The molecule has 0 aromatic carbocycles. The van der Waals surface area contributed by atoms with E-state index < -0.39 is 0 Å². The van der Waals surface area contributed by atoms with Crippen LogP contribution in [0.2, 0.25) is 0 Å². The molecule has 1 heterocycles. The molecule has 0 saturated heterocycles. The van der Waals surface area contributed by atoms with E-state index in [1.54, 1.807) is 0 Å². The summed E-state index contributed by atoms with van der Waals surface area (Å²) in [6.07, 6.45) is 0. The van der Waals surface area contributed by atoms with Crippen molar-refractivity contribution in [3.63, 3.8) is 0 Å². The van der Waals surface area contributed by atoms with Crippen molar-refractivity contribution in [3.8, 4) is 0 Å². The highest BCUT2D eigenvalue weighted by atomic mass is 35.7. The van der Waals surface area contributed by atoms with Crippen LogP contribution in [-0.2, 0) is 0 Å². The Morgan fingerprint density at radius 1 is 1.00 bits per heavy atom. The van der Waals surface area contributed by atoms with Crippen LogP contribution in [0.15, 0.2) is 10.3 Å². The topological polar surface area (TPSA) is 41.9 Å². The maximum atomic E-state index is 5.61. The standard InChI is InChI=1S/C7H10Cl2N4S2/c1-3-13(4-2)5-10-6(14-8)12-7(11-5)15-9/h3-4H2,1-2H3. The van der Waals surface area contributed by atoms with Crippen LogP contribution < -0.4 is 4.90 Å². The Hall–Kier alpha value is 0.0900. The number of hydrogen-bond donors (Lipinski definition) is 0. The van der Waals surface area contributed by atoms with Gasteiger partial charge in [-0.2, -0.15) is 15.0 Å². The zero-order valence-electron chi connectivity index (χ0n) is 8.28. The molecular formula is C7H10Cl2N4S2. The first kappa shape index (κ1) is 13.2. The molecule has 0 amide bonds. The van der Waals surface area contributed by atoms with Gasteiger partial charge in [-0.3, -0.25) is 0 Å². The Balaban J connectivity index is 3.05. The zero-order chi connectivity index (χ0) is 11.3. The molecule has 1 aromatic heterocycles. The van der Waals surface area contributed by atoms with E-state index in [0.717, 1.165) is 35.0 Å². The molecule has 0 radical (unpaired) electrons. The third-order valence-electron chi connectivity index (χ3n) is 1.77. The molecule has 0 unspecified atom stereocenters. The predicted molar refractivity (Wildman–Crippen MR) is 66.8 cm³/mol. The molecule has 0 aliphatic carbocycles. The highest BCUT2D eigenvalue weighted by molar-refractivity contribution is 8.21. The van der Waals surface area contributed by atoms with Gasteiger partial charge in [0.1, 0.15) is 0 Å². The van der Waals surface area contributed by atoms with Gasteiger partial charge in [0.05, 0.1) is 0 Å². The molecule has 8 heteroatoms. The van der Waals surface area contributed by atoms with Crippen molar-refractivity contribution in [1.29, 1.82) is 0 Å². The van der Waals surface area contributed by atoms with Gasteiger partial charge in [-0.25, -0.2) is 0 Å². The van der Waals surface area contributed by atoms with Crippen LogP contribution in [0.3, 0.4) is 0 Å². The summed E-state index contributed by atoms with van der Waals surface area (Å²) in [5.74, 6) is 0.612.